The fourth-order valence-electron chi connectivity index (χ4n) is 4.27. The topological polar surface area (TPSA) is 84.6 Å². The molecule has 3 atom stereocenters. The zero-order chi connectivity index (χ0) is 19.7. The molecule has 2 aromatic rings. The van der Waals surface area contributed by atoms with Gasteiger partial charge in [0, 0.05) is 41.1 Å². The van der Waals surface area contributed by atoms with Crippen molar-refractivity contribution in [3.63, 3.8) is 0 Å². The van der Waals surface area contributed by atoms with Crippen molar-refractivity contribution >= 4 is 41.5 Å². The maximum Gasteiger partial charge on any atom is 0.248 e. The van der Waals surface area contributed by atoms with Crippen molar-refractivity contribution in [3.8, 4) is 11.4 Å². The van der Waals surface area contributed by atoms with E-state index in [1.165, 1.54) is 0 Å². The fraction of sp³-hybridized carbons (Fsp3) is 0.550. The molecule has 3 unspecified atom stereocenters. The molecular weight excluding hydrogens is 505 g/mol. The Kier molecular flexibility index (Phi) is 7.06. The molecule has 0 amide bonds. The third-order valence-electron chi connectivity index (χ3n) is 5.68. The van der Waals surface area contributed by atoms with Crippen LogP contribution < -0.4 is 10.6 Å². The molecule has 4 rings (SSSR count). The van der Waals surface area contributed by atoms with Crippen LogP contribution in [-0.2, 0) is 11.3 Å². The summed E-state index contributed by atoms with van der Waals surface area (Å²) in [5.74, 6) is 2.30. The molecule has 1 saturated heterocycles. The van der Waals surface area contributed by atoms with Gasteiger partial charge in [-0.25, -0.2) is 4.99 Å². The van der Waals surface area contributed by atoms with Crippen LogP contribution in [0.2, 0.25) is 5.02 Å². The largest absolute Gasteiger partial charge is 0.377 e. The highest BCUT2D eigenvalue weighted by Gasteiger charge is 2.59. The van der Waals surface area contributed by atoms with E-state index in [0.717, 1.165) is 31.1 Å². The van der Waals surface area contributed by atoms with Gasteiger partial charge < -0.3 is 19.9 Å². The second kappa shape index (κ2) is 9.18. The summed E-state index contributed by atoms with van der Waals surface area (Å²) in [5.41, 5.74) is 0.945. The highest BCUT2D eigenvalue weighted by atomic mass is 127. The summed E-state index contributed by atoms with van der Waals surface area (Å²) >= 11 is 5.93. The van der Waals surface area contributed by atoms with Crippen molar-refractivity contribution < 1.29 is 9.26 Å². The Morgan fingerprint density at radius 2 is 2.07 bits per heavy atom. The summed E-state index contributed by atoms with van der Waals surface area (Å²) in [6.07, 6.45) is 1.44. The lowest BCUT2D eigenvalue weighted by atomic mass is 9.57. The number of ether oxygens (including phenoxy) is 1. The molecule has 158 valence electrons. The highest BCUT2D eigenvalue weighted by molar-refractivity contribution is 14.0. The van der Waals surface area contributed by atoms with Crippen LogP contribution in [0.1, 0.15) is 33.1 Å². The molecule has 9 heteroatoms. The standard InChI is InChI=1S/C20H26ClN5O2.HI/c1-4-22-19(25-16-14-9-10-27-17(14)20(16,2)3)23-11-15-24-18(26-28-15)12-5-7-13(21)8-6-12;/h5-8,14,16-17H,4,9-11H2,1-3H3,(H2,22,23,25);1H. The van der Waals surface area contributed by atoms with Gasteiger partial charge in [-0.1, -0.05) is 30.6 Å². The number of fused-ring (bicyclic) bond motifs is 1. The van der Waals surface area contributed by atoms with Crippen LogP contribution in [0.5, 0.6) is 0 Å². The minimum absolute atomic E-state index is 0. The number of nitrogens with one attached hydrogen (secondary N) is 2. The molecule has 0 radical (unpaired) electrons. The third-order valence-corrected chi connectivity index (χ3v) is 5.93. The van der Waals surface area contributed by atoms with E-state index in [1.54, 1.807) is 12.1 Å². The van der Waals surface area contributed by atoms with Gasteiger partial charge in [-0.05, 0) is 37.6 Å². The van der Waals surface area contributed by atoms with Crippen LogP contribution in [0.3, 0.4) is 0 Å². The Morgan fingerprint density at radius 3 is 2.79 bits per heavy atom. The molecule has 1 saturated carbocycles. The van der Waals surface area contributed by atoms with E-state index in [1.807, 2.05) is 12.1 Å². The zero-order valence-corrected chi connectivity index (χ0v) is 19.9. The maximum atomic E-state index is 5.93. The second-order valence-electron chi connectivity index (χ2n) is 7.90. The molecule has 2 N–H and O–H groups in total. The number of aliphatic imine (C=N–C) groups is 1. The minimum atomic E-state index is 0. The Morgan fingerprint density at radius 1 is 1.31 bits per heavy atom. The summed E-state index contributed by atoms with van der Waals surface area (Å²) in [5, 5.41) is 11.6. The van der Waals surface area contributed by atoms with E-state index >= 15 is 0 Å². The van der Waals surface area contributed by atoms with Crippen LogP contribution >= 0.6 is 35.6 Å². The number of benzene rings is 1. The van der Waals surface area contributed by atoms with Gasteiger partial charge in [-0.2, -0.15) is 4.98 Å². The Bertz CT molecular complexity index is 855. The predicted octanol–water partition coefficient (Wildman–Crippen LogP) is 3.88. The number of hydrogen-bond donors (Lipinski definition) is 2. The van der Waals surface area contributed by atoms with E-state index < -0.39 is 0 Å². The molecule has 1 aromatic carbocycles. The summed E-state index contributed by atoms with van der Waals surface area (Å²) < 4.78 is 11.2. The molecule has 2 aliphatic rings. The van der Waals surface area contributed by atoms with Crippen molar-refractivity contribution in [1.29, 1.82) is 0 Å². The van der Waals surface area contributed by atoms with Gasteiger partial charge in [0.2, 0.25) is 11.7 Å². The number of aromatic nitrogens is 2. The molecule has 29 heavy (non-hydrogen) atoms. The average molecular weight is 532 g/mol. The van der Waals surface area contributed by atoms with Gasteiger partial charge in [0.25, 0.3) is 0 Å². The first-order valence-corrected chi connectivity index (χ1v) is 10.1. The van der Waals surface area contributed by atoms with E-state index in [-0.39, 0.29) is 29.4 Å². The first-order valence-electron chi connectivity index (χ1n) is 9.74. The Labute approximate surface area is 193 Å². The van der Waals surface area contributed by atoms with Crippen LogP contribution in [-0.4, -0.2) is 41.4 Å². The van der Waals surface area contributed by atoms with Gasteiger partial charge in [0.1, 0.15) is 6.54 Å². The quantitative estimate of drug-likeness (QED) is 0.346. The first kappa shape index (κ1) is 22.3. The smallest absolute Gasteiger partial charge is 0.248 e. The van der Waals surface area contributed by atoms with Crippen molar-refractivity contribution in [2.45, 2.75) is 45.9 Å². The molecule has 1 aliphatic heterocycles. The molecule has 7 nitrogen and oxygen atoms in total. The molecular formula is C20H27ClIN5O2. The van der Waals surface area contributed by atoms with Crippen LogP contribution in [0.25, 0.3) is 11.4 Å². The zero-order valence-electron chi connectivity index (χ0n) is 16.8. The maximum absolute atomic E-state index is 5.93. The van der Waals surface area contributed by atoms with Gasteiger partial charge in [-0.15, -0.1) is 24.0 Å². The Hall–Kier alpha value is -1.39. The van der Waals surface area contributed by atoms with Crippen LogP contribution in [0.15, 0.2) is 33.8 Å². The lowest BCUT2D eigenvalue weighted by molar-refractivity contribution is -0.106. The van der Waals surface area contributed by atoms with Gasteiger partial charge in [-0.3, -0.25) is 0 Å². The molecule has 1 aromatic heterocycles. The van der Waals surface area contributed by atoms with Crippen molar-refractivity contribution in [2.24, 2.45) is 16.3 Å². The molecule has 1 aliphatic carbocycles. The molecule has 0 bridgehead atoms. The van der Waals surface area contributed by atoms with Gasteiger partial charge in [0.05, 0.1) is 6.10 Å². The van der Waals surface area contributed by atoms with E-state index in [2.05, 4.69) is 46.5 Å². The summed E-state index contributed by atoms with van der Waals surface area (Å²) in [4.78, 5) is 9.08. The van der Waals surface area contributed by atoms with E-state index in [0.29, 0.717) is 41.3 Å². The Balaban J connectivity index is 0.00000240. The average Bonchev–Trinajstić information content (AvgIpc) is 3.33. The van der Waals surface area contributed by atoms with Gasteiger partial charge in [0.15, 0.2) is 5.96 Å². The highest BCUT2D eigenvalue weighted by Crippen LogP contribution is 2.52. The number of guanidine groups is 1. The van der Waals surface area contributed by atoms with Crippen LogP contribution in [0, 0.1) is 11.3 Å². The van der Waals surface area contributed by atoms with Crippen molar-refractivity contribution in [1.82, 2.24) is 20.8 Å². The van der Waals surface area contributed by atoms with Crippen LogP contribution in [0.4, 0.5) is 0 Å². The number of nitrogens with zero attached hydrogens (tertiary/aromatic N) is 3. The van der Waals surface area contributed by atoms with Crippen molar-refractivity contribution in [3.05, 3.63) is 35.2 Å². The fourth-order valence-corrected chi connectivity index (χ4v) is 4.39. The second-order valence-corrected chi connectivity index (χ2v) is 8.34. The third kappa shape index (κ3) is 4.54. The normalized spacial score (nSPS) is 25.0. The lowest BCUT2D eigenvalue weighted by Crippen LogP contribution is -2.67. The van der Waals surface area contributed by atoms with Gasteiger partial charge >= 0.3 is 0 Å². The van der Waals surface area contributed by atoms with E-state index in [4.69, 9.17) is 20.9 Å². The number of rotatable bonds is 5. The van der Waals surface area contributed by atoms with E-state index in [9.17, 15) is 0 Å². The number of halogens is 2. The molecule has 2 heterocycles. The monoisotopic (exact) mass is 531 g/mol. The first-order chi connectivity index (χ1) is 13.5. The lowest BCUT2D eigenvalue weighted by Gasteiger charge is -2.54. The molecule has 2 fully saturated rings. The van der Waals surface area contributed by atoms with Crippen molar-refractivity contribution in [2.75, 3.05) is 13.2 Å². The summed E-state index contributed by atoms with van der Waals surface area (Å²) in [6, 6.07) is 7.68. The SMILES string of the molecule is CCNC(=NCc1nc(-c2ccc(Cl)cc2)no1)NC1C2CCOC2C1(C)C.I. The summed E-state index contributed by atoms with van der Waals surface area (Å²) in [6.45, 7) is 8.49. The predicted molar refractivity (Wildman–Crippen MR) is 124 cm³/mol. The minimum Gasteiger partial charge on any atom is -0.377 e. The number of hydrogen-bond acceptors (Lipinski definition) is 5. The molecule has 0 spiro atoms. The summed E-state index contributed by atoms with van der Waals surface area (Å²) in [7, 11) is 0.